The zero-order valence-corrected chi connectivity index (χ0v) is 16.3. The van der Waals surface area contributed by atoms with E-state index < -0.39 is 9.84 Å². The largest absolute Gasteiger partial charge is 0.449 e. The lowest BCUT2D eigenvalue weighted by Crippen LogP contribution is -2.22. The minimum Gasteiger partial charge on any atom is -0.449 e. The van der Waals surface area contributed by atoms with Gasteiger partial charge in [-0.2, -0.15) is 0 Å². The Morgan fingerprint density at radius 1 is 1.10 bits per heavy atom. The first-order valence-electron chi connectivity index (χ1n) is 8.83. The van der Waals surface area contributed by atoms with Crippen molar-refractivity contribution < 1.29 is 17.6 Å². The molecular formula is C21H17N3O4S. The second-order valence-corrected chi connectivity index (χ2v) is 8.37. The molecule has 0 bridgehead atoms. The quantitative estimate of drug-likeness (QED) is 0.545. The summed E-state index contributed by atoms with van der Waals surface area (Å²) in [6.45, 7) is 1.97. The first-order valence-corrected chi connectivity index (χ1v) is 10.3. The molecule has 0 spiro atoms. The summed E-state index contributed by atoms with van der Waals surface area (Å²) in [6.07, 6.45) is 3.18. The molecule has 0 atom stereocenters. The van der Waals surface area contributed by atoms with E-state index in [0.717, 1.165) is 10.9 Å². The fourth-order valence-corrected chi connectivity index (χ4v) is 4.10. The lowest BCUT2D eigenvalue weighted by molar-refractivity contribution is 0.0925. The van der Waals surface area contributed by atoms with Crippen molar-refractivity contribution in [3.63, 3.8) is 0 Å². The van der Waals surface area contributed by atoms with Crippen LogP contribution in [0.15, 0.2) is 81.3 Å². The maximum atomic E-state index is 12.7. The van der Waals surface area contributed by atoms with Crippen LogP contribution in [0.4, 0.5) is 0 Å². The van der Waals surface area contributed by atoms with Crippen LogP contribution in [0.3, 0.4) is 0 Å². The molecule has 0 aliphatic rings. The standard InChI is InChI=1S/C21H17N3O4S/c1-14-3-2-4-20(24-14)29(26,27)17-7-5-15(6-8-17)12-23-21(25)18-11-16-9-10-22-13-19(16)28-18/h2-11,13H,12H2,1H3,(H,23,25). The summed E-state index contributed by atoms with van der Waals surface area (Å²) in [5, 5.41) is 3.57. The SMILES string of the molecule is Cc1cccc(S(=O)(=O)c2ccc(CNC(=O)c3cc4ccncc4o3)cc2)n1. The molecule has 0 radical (unpaired) electrons. The Bertz CT molecular complexity index is 1260. The summed E-state index contributed by atoms with van der Waals surface area (Å²) in [5.41, 5.74) is 1.93. The van der Waals surface area contributed by atoms with E-state index in [1.807, 2.05) is 0 Å². The molecule has 3 aromatic heterocycles. The molecule has 0 fully saturated rings. The van der Waals surface area contributed by atoms with Crippen LogP contribution in [0.25, 0.3) is 11.0 Å². The van der Waals surface area contributed by atoms with E-state index in [1.165, 1.54) is 18.2 Å². The zero-order chi connectivity index (χ0) is 20.4. The van der Waals surface area contributed by atoms with Gasteiger partial charge in [0.15, 0.2) is 16.4 Å². The van der Waals surface area contributed by atoms with Gasteiger partial charge in [-0.3, -0.25) is 9.78 Å². The number of furan rings is 1. The molecule has 0 unspecified atom stereocenters. The smallest absolute Gasteiger partial charge is 0.287 e. The number of fused-ring (bicyclic) bond motifs is 1. The molecule has 0 aliphatic heterocycles. The highest BCUT2D eigenvalue weighted by Crippen LogP contribution is 2.20. The number of carbonyl (C=O) groups excluding carboxylic acids is 1. The minimum atomic E-state index is -3.69. The molecule has 4 aromatic rings. The molecule has 3 heterocycles. The van der Waals surface area contributed by atoms with Crippen LogP contribution in [0, 0.1) is 6.92 Å². The Balaban J connectivity index is 1.46. The van der Waals surface area contributed by atoms with Crippen LogP contribution < -0.4 is 5.32 Å². The van der Waals surface area contributed by atoms with Crippen LogP contribution in [-0.4, -0.2) is 24.3 Å². The number of aryl methyl sites for hydroxylation is 1. The maximum absolute atomic E-state index is 12.7. The third-order valence-electron chi connectivity index (χ3n) is 4.37. The van der Waals surface area contributed by atoms with Gasteiger partial charge in [0, 0.05) is 23.8 Å². The number of nitrogens with zero attached hydrogens (tertiary/aromatic N) is 2. The second-order valence-electron chi connectivity index (χ2n) is 6.47. The van der Waals surface area contributed by atoms with Crippen LogP contribution in [-0.2, 0) is 16.4 Å². The van der Waals surface area contributed by atoms with Crippen molar-refractivity contribution in [3.05, 3.63) is 84.0 Å². The van der Waals surface area contributed by atoms with Crippen molar-refractivity contribution in [2.24, 2.45) is 0 Å². The monoisotopic (exact) mass is 407 g/mol. The summed E-state index contributed by atoms with van der Waals surface area (Å²) in [5.74, 6) is -0.167. The first-order chi connectivity index (χ1) is 13.9. The number of aromatic nitrogens is 2. The van der Waals surface area contributed by atoms with Crippen molar-refractivity contribution in [1.29, 1.82) is 0 Å². The fraction of sp³-hybridized carbons (Fsp3) is 0.0952. The highest BCUT2D eigenvalue weighted by molar-refractivity contribution is 7.91. The van der Waals surface area contributed by atoms with E-state index >= 15 is 0 Å². The van der Waals surface area contributed by atoms with Crippen molar-refractivity contribution >= 4 is 26.7 Å². The van der Waals surface area contributed by atoms with E-state index in [-0.39, 0.29) is 28.1 Å². The molecule has 0 aliphatic carbocycles. The van der Waals surface area contributed by atoms with Crippen molar-refractivity contribution in [2.75, 3.05) is 0 Å². The van der Waals surface area contributed by atoms with Gasteiger partial charge < -0.3 is 9.73 Å². The van der Waals surface area contributed by atoms with Gasteiger partial charge in [-0.1, -0.05) is 18.2 Å². The number of hydrogen-bond acceptors (Lipinski definition) is 6. The summed E-state index contributed by atoms with van der Waals surface area (Å²) in [4.78, 5) is 20.5. The van der Waals surface area contributed by atoms with E-state index in [4.69, 9.17) is 4.42 Å². The molecule has 1 amide bonds. The Kier molecular flexibility index (Phi) is 4.85. The van der Waals surface area contributed by atoms with Crippen LogP contribution in [0.2, 0.25) is 0 Å². The third kappa shape index (κ3) is 3.88. The molecule has 0 saturated heterocycles. The van der Waals surface area contributed by atoms with E-state index in [2.05, 4.69) is 15.3 Å². The molecule has 146 valence electrons. The van der Waals surface area contributed by atoms with Gasteiger partial charge in [-0.15, -0.1) is 0 Å². The molecular weight excluding hydrogens is 390 g/mol. The average molecular weight is 407 g/mol. The normalized spacial score (nSPS) is 11.5. The van der Waals surface area contributed by atoms with E-state index in [0.29, 0.717) is 11.3 Å². The minimum absolute atomic E-state index is 0.0120. The Morgan fingerprint density at radius 3 is 2.62 bits per heavy atom. The van der Waals surface area contributed by atoms with Gasteiger partial charge in [-0.05, 0) is 48.9 Å². The van der Waals surface area contributed by atoms with Gasteiger partial charge >= 0.3 is 0 Å². The second kappa shape index (κ2) is 7.48. The summed E-state index contributed by atoms with van der Waals surface area (Å²) < 4.78 is 30.8. The van der Waals surface area contributed by atoms with Crippen molar-refractivity contribution in [2.45, 2.75) is 23.4 Å². The average Bonchev–Trinajstić information content (AvgIpc) is 3.17. The number of sulfone groups is 1. The molecule has 1 aromatic carbocycles. The Hall–Kier alpha value is -3.52. The molecule has 1 N–H and O–H groups in total. The van der Waals surface area contributed by atoms with Gasteiger partial charge in [0.05, 0.1) is 11.1 Å². The predicted molar refractivity (Wildman–Crippen MR) is 106 cm³/mol. The predicted octanol–water partition coefficient (Wildman–Crippen LogP) is 3.29. The van der Waals surface area contributed by atoms with Crippen LogP contribution in [0.1, 0.15) is 21.8 Å². The van der Waals surface area contributed by atoms with Gasteiger partial charge in [0.2, 0.25) is 9.84 Å². The number of carbonyl (C=O) groups is 1. The van der Waals surface area contributed by atoms with Crippen LogP contribution in [0.5, 0.6) is 0 Å². The molecule has 4 rings (SSSR count). The van der Waals surface area contributed by atoms with Crippen molar-refractivity contribution in [3.8, 4) is 0 Å². The number of amides is 1. The lowest BCUT2D eigenvalue weighted by atomic mass is 10.2. The highest BCUT2D eigenvalue weighted by Gasteiger charge is 2.19. The van der Waals surface area contributed by atoms with Gasteiger partial charge in [-0.25, -0.2) is 13.4 Å². The Morgan fingerprint density at radius 2 is 1.90 bits per heavy atom. The number of rotatable bonds is 5. The number of nitrogens with one attached hydrogen (secondary N) is 1. The fourth-order valence-electron chi connectivity index (χ4n) is 2.84. The summed E-state index contributed by atoms with van der Waals surface area (Å²) in [6, 6.07) is 14.6. The van der Waals surface area contributed by atoms with E-state index in [9.17, 15) is 13.2 Å². The van der Waals surface area contributed by atoms with Gasteiger partial charge in [0.1, 0.15) is 0 Å². The highest BCUT2D eigenvalue weighted by atomic mass is 32.2. The maximum Gasteiger partial charge on any atom is 0.287 e. The molecule has 29 heavy (non-hydrogen) atoms. The van der Waals surface area contributed by atoms with Crippen LogP contribution >= 0.6 is 0 Å². The number of pyridine rings is 2. The van der Waals surface area contributed by atoms with Crippen molar-refractivity contribution in [1.82, 2.24) is 15.3 Å². The van der Waals surface area contributed by atoms with E-state index in [1.54, 1.807) is 55.7 Å². The Labute approximate surface area is 167 Å². The topological polar surface area (TPSA) is 102 Å². The molecule has 0 saturated carbocycles. The number of hydrogen-bond donors (Lipinski definition) is 1. The molecule has 8 heteroatoms. The number of benzene rings is 1. The summed E-state index contributed by atoms with van der Waals surface area (Å²) in [7, 11) is -3.69. The lowest BCUT2D eigenvalue weighted by Gasteiger charge is -2.07. The first kappa shape index (κ1) is 18.8. The van der Waals surface area contributed by atoms with Gasteiger partial charge in [0.25, 0.3) is 5.91 Å². The zero-order valence-electron chi connectivity index (χ0n) is 15.5. The molecule has 7 nitrogen and oxygen atoms in total. The third-order valence-corrected chi connectivity index (χ3v) is 6.04. The summed E-state index contributed by atoms with van der Waals surface area (Å²) >= 11 is 0.